The number of carbonyl (C=O) groups is 2. The number of ether oxygens (including phenoxy) is 1. The molecule has 1 aliphatic rings. The number of Topliss-reactive ketones (excluding diaryl/α,β-unsaturated/α-hetero) is 1. The molecule has 2 rings (SSSR count). The van der Waals surface area contributed by atoms with Gasteiger partial charge in [-0.1, -0.05) is 17.3 Å². The Kier molecular flexibility index (Phi) is 11.0. The lowest BCUT2D eigenvalue weighted by Crippen LogP contribution is -2.22. The second-order valence-electron chi connectivity index (χ2n) is 7.91. The third-order valence-corrected chi connectivity index (χ3v) is 6.86. The highest BCUT2D eigenvalue weighted by Crippen LogP contribution is 2.38. The molecule has 1 saturated carbocycles. The molecule has 0 amide bonds. The molecule has 0 saturated heterocycles. The van der Waals surface area contributed by atoms with E-state index in [0.29, 0.717) is 38.5 Å². The minimum Gasteiger partial charge on any atom is -0.469 e. The van der Waals surface area contributed by atoms with Crippen LogP contribution in [-0.2, 0) is 14.3 Å². The second kappa shape index (κ2) is 13.4. The lowest BCUT2D eigenvalue weighted by Gasteiger charge is -2.21. The predicted molar refractivity (Wildman–Crippen MR) is 118 cm³/mol. The molecule has 4 atom stereocenters. The number of aliphatic hydroxyl groups excluding tert-OH is 1. The van der Waals surface area contributed by atoms with Crippen molar-refractivity contribution in [1.29, 1.82) is 0 Å². The van der Waals surface area contributed by atoms with Crippen molar-refractivity contribution in [2.45, 2.75) is 62.0 Å². The van der Waals surface area contributed by atoms with E-state index in [4.69, 9.17) is 0 Å². The zero-order chi connectivity index (χ0) is 23.5. The van der Waals surface area contributed by atoms with Gasteiger partial charge in [0.25, 0.3) is 0 Å². The average Bonchev–Trinajstić information content (AvgIpc) is 3.08. The summed E-state index contributed by atoms with van der Waals surface area (Å²) in [5.74, 6) is -1.96. The van der Waals surface area contributed by atoms with Gasteiger partial charge in [-0.05, 0) is 50.2 Å². The highest BCUT2D eigenvalue weighted by molar-refractivity contribution is 7.99. The normalized spacial score (nSPS) is 21.8. The number of aliphatic hydroxyl groups is 1. The van der Waals surface area contributed by atoms with E-state index >= 15 is 0 Å². The molecule has 0 bridgehead atoms. The number of benzene rings is 1. The monoisotopic (exact) mass is 469 g/mol. The molecule has 9 heteroatoms. The van der Waals surface area contributed by atoms with Crippen LogP contribution in [0.1, 0.15) is 44.9 Å². The van der Waals surface area contributed by atoms with Crippen LogP contribution < -0.4 is 0 Å². The highest BCUT2D eigenvalue weighted by Gasteiger charge is 2.42. The number of allylic oxidation sites excluding steroid dienone is 2. The van der Waals surface area contributed by atoms with Gasteiger partial charge in [-0.15, -0.1) is 11.8 Å². The fourth-order valence-corrected chi connectivity index (χ4v) is 4.80. The van der Waals surface area contributed by atoms with Crippen LogP contribution in [0.3, 0.4) is 0 Å². The molecular formula is C23H29F2NO5S. The maximum absolute atomic E-state index is 13.7. The third kappa shape index (κ3) is 8.09. The summed E-state index contributed by atoms with van der Waals surface area (Å²) in [6.45, 7) is 0. The van der Waals surface area contributed by atoms with E-state index in [0.717, 1.165) is 23.9 Å². The Morgan fingerprint density at radius 2 is 2.16 bits per heavy atom. The molecule has 1 aromatic rings. The van der Waals surface area contributed by atoms with Gasteiger partial charge < -0.3 is 9.84 Å². The van der Waals surface area contributed by atoms with Gasteiger partial charge in [0, 0.05) is 35.5 Å². The summed E-state index contributed by atoms with van der Waals surface area (Å²) in [7, 11) is 1.35. The molecule has 0 radical (unpaired) electrons. The first-order valence-corrected chi connectivity index (χ1v) is 11.7. The maximum Gasteiger partial charge on any atom is 0.305 e. The van der Waals surface area contributed by atoms with Crippen LogP contribution in [0.15, 0.2) is 40.4 Å². The Morgan fingerprint density at radius 3 is 2.84 bits per heavy atom. The molecule has 1 fully saturated rings. The number of nitroso groups, excluding NO2 is 1. The van der Waals surface area contributed by atoms with Gasteiger partial charge in [0.2, 0.25) is 0 Å². The molecule has 1 aliphatic carbocycles. The van der Waals surface area contributed by atoms with Gasteiger partial charge in [-0.25, -0.2) is 8.78 Å². The second-order valence-corrected chi connectivity index (χ2v) is 8.97. The Labute approximate surface area is 190 Å². The summed E-state index contributed by atoms with van der Waals surface area (Å²) in [5, 5.41) is 13.4. The number of halogens is 2. The van der Waals surface area contributed by atoms with E-state index in [1.54, 1.807) is 0 Å². The van der Waals surface area contributed by atoms with Crippen molar-refractivity contribution < 1.29 is 28.2 Å². The minimum absolute atomic E-state index is 0.00365. The first-order chi connectivity index (χ1) is 15.3. The maximum atomic E-state index is 13.7. The molecule has 0 aromatic heterocycles. The van der Waals surface area contributed by atoms with Crippen LogP contribution >= 0.6 is 11.8 Å². The molecule has 6 nitrogen and oxygen atoms in total. The van der Waals surface area contributed by atoms with Crippen molar-refractivity contribution in [1.82, 2.24) is 0 Å². The Bertz CT molecular complexity index is 820. The van der Waals surface area contributed by atoms with Gasteiger partial charge in [-0.3, -0.25) is 9.59 Å². The standard InChI is InChI=1S/C23H29F2NO5S/c1-31-23(29)7-5-3-2-4-6-18-17(20(26-30)13-21(18)28)10-9-16(27)14-32-22-11-8-15(24)12-19(22)25/h2,4,8,11-12,16-18,20,27H,3,5-7,9-10,13-14H2,1H3/t16-,17-,18-,20?/m1/s1. The number of ketones is 1. The van der Waals surface area contributed by atoms with E-state index in [1.807, 2.05) is 12.2 Å². The summed E-state index contributed by atoms with van der Waals surface area (Å²) in [4.78, 5) is 35.0. The summed E-state index contributed by atoms with van der Waals surface area (Å²) in [5.41, 5.74) is 0. The summed E-state index contributed by atoms with van der Waals surface area (Å²) in [6, 6.07) is 2.69. The molecule has 0 aliphatic heterocycles. The van der Waals surface area contributed by atoms with E-state index < -0.39 is 23.8 Å². The third-order valence-electron chi connectivity index (χ3n) is 5.66. The number of thioether (sulfide) groups is 1. The van der Waals surface area contributed by atoms with Crippen LogP contribution in [0, 0.1) is 28.4 Å². The fraction of sp³-hybridized carbons (Fsp3) is 0.565. The molecular weight excluding hydrogens is 440 g/mol. The van der Waals surface area contributed by atoms with Crippen molar-refractivity contribution >= 4 is 23.5 Å². The highest BCUT2D eigenvalue weighted by atomic mass is 32.2. The molecule has 176 valence electrons. The number of hydrogen-bond acceptors (Lipinski definition) is 7. The molecule has 1 aromatic carbocycles. The molecule has 1 unspecified atom stereocenters. The number of rotatable bonds is 13. The van der Waals surface area contributed by atoms with Crippen LogP contribution in [0.5, 0.6) is 0 Å². The molecule has 0 spiro atoms. The number of esters is 1. The van der Waals surface area contributed by atoms with Crippen molar-refractivity contribution in [2.24, 2.45) is 17.0 Å². The van der Waals surface area contributed by atoms with Crippen molar-refractivity contribution in [3.05, 3.63) is 46.9 Å². The fourth-order valence-electron chi connectivity index (χ4n) is 3.90. The van der Waals surface area contributed by atoms with Gasteiger partial charge in [-0.2, -0.15) is 4.91 Å². The van der Waals surface area contributed by atoms with Crippen molar-refractivity contribution in [3.63, 3.8) is 0 Å². The summed E-state index contributed by atoms with van der Waals surface area (Å²) < 4.78 is 31.3. The van der Waals surface area contributed by atoms with Gasteiger partial charge in [0.05, 0.1) is 13.2 Å². The van der Waals surface area contributed by atoms with Crippen molar-refractivity contribution in [3.8, 4) is 0 Å². The Morgan fingerprint density at radius 1 is 1.38 bits per heavy atom. The van der Waals surface area contributed by atoms with E-state index in [-0.39, 0.29) is 40.7 Å². The van der Waals surface area contributed by atoms with Gasteiger partial charge in [0.15, 0.2) is 0 Å². The predicted octanol–water partition coefficient (Wildman–Crippen LogP) is 4.83. The molecule has 32 heavy (non-hydrogen) atoms. The number of methoxy groups -OCH3 is 1. The minimum atomic E-state index is -0.762. The van der Waals surface area contributed by atoms with Crippen LogP contribution in [0.4, 0.5) is 8.78 Å². The number of unbranched alkanes of at least 4 members (excludes halogenated alkanes) is 1. The lowest BCUT2D eigenvalue weighted by atomic mass is 9.86. The average molecular weight is 470 g/mol. The number of hydrogen-bond donors (Lipinski definition) is 1. The lowest BCUT2D eigenvalue weighted by molar-refractivity contribution is -0.140. The summed E-state index contributed by atoms with van der Waals surface area (Å²) in [6.07, 6.45) is 6.12. The quantitative estimate of drug-likeness (QED) is 0.146. The Balaban J connectivity index is 1.82. The largest absolute Gasteiger partial charge is 0.469 e. The number of carbonyl (C=O) groups excluding carboxylic acids is 2. The summed E-state index contributed by atoms with van der Waals surface area (Å²) >= 11 is 1.09. The topological polar surface area (TPSA) is 93.0 Å². The smallest absolute Gasteiger partial charge is 0.305 e. The van der Waals surface area contributed by atoms with Crippen LogP contribution in [0.2, 0.25) is 0 Å². The van der Waals surface area contributed by atoms with E-state index in [1.165, 1.54) is 13.2 Å². The SMILES string of the molecule is COC(=O)CCCC=CC[C@H]1C(=O)CC(N=O)[C@@H]1CC[C@@H](O)CSc1ccc(F)cc1F. The zero-order valence-corrected chi connectivity index (χ0v) is 18.9. The van der Waals surface area contributed by atoms with Crippen molar-refractivity contribution in [2.75, 3.05) is 12.9 Å². The van der Waals surface area contributed by atoms with Crippen LogP contribution in [0.25, 0.3) is 0 Å². The van der Waals surface area contributed by atoms with Crippen LogP contribution in [-0.4, -0.2) is 41.9 Å². The van der Waals surface area contributed by atoms with E-state index in [2.05, 4.69) is 9.91 Å². The van der Waals surface area contributed by atoms with E-state index in [9.17, 15) is 28.4 Å². The van der Waals surface area contributed by atoms with Gasteiger partial charge >= 0.3 is 5.97 Å². The number of nitrogens with zero attached hydrogens (tertiary/aromatic N) is 1. The first kappa shape index (κ1) is 26.1. The molecule has 0 heterocycles. The zero-order valence-electron chi connectivity index (χ0n) is 18.0. The first-order valence-electron chi connectivity index (χ1n) is 10.7. The Hall–Kier alpha value is -2.13. The van der Waals surface area contributed by atoms with Gasteiger partial charge in [0.1, 0.15) is 23.5 Å². The molecule has 1 N–H and O–H groups in total.